The van der Waals surface area contributed by atoms with Crippen LogP contribution in [0, 0.1) is 0 Å². The van der Waals surface area contributed by atoms with Gasteiger partial charge in [0, 0.05) is 16.8 Å². The van der Waals surface area contributed by atoms with Crippen LogP contribution in [0.1, 0.15) is 69.0 Å². The molecule has 0 fully saturated rings. The second-order valence-corrected chi connectivity index (χ2v) is 6.33. The maximum atomic E-state index is 11.4. The summed E-state index contributed by atoms with van der Waals surface area (Å²) in [7, 11) is 0. The van der Waals surface area contributed by atoms with E-state index in [0.29, 0.717) is 11.4 Å². The number of rotatable bonds is 8. The molecule has 1 atom stereocenters. The van der Waals surface area contributed by atoms with Crippen molar-refractivity contribution in [1.29, 1.82) is 0 Å². The van der Waals surface area contributed by atoms with Crippen LogP contribution in [0.15, 0.2) is 12.1 Å². The van der Waals surface area contributed by atoms with Crippen molar-refractivity contribution in [2.45, 2.75) is 64.3 Å². The first-order valence-corrected chi connectivity index (χ1v) is 8.37. The Labute approximate surface area is 132 Å². The van der Waals surface area contributed by atoms with E-state index in [1.54, 1.807) is 0 Å². The fourth-order valence-electron chi connectivity index (χ4n) is 2.85. The molecule has 0 saturated carbocycles. The van der Waals surface area contributed by atoms with E-state index >= 15 is 0 Å². The Morgan fingerprint density at radius 1 is 1.24 bits per heavy atom. The lowest BCUT2D eigenvalue weighted by Gasteiger charge is -2.15. The van der Waals surface area contributed by atoms with Crippen molar-refractivity contribution in [1.82, 2.24) is 0 Å². The molecule has 0 aliphatic carbocycles. The normalized spacial score (nSPS) is 14.9. The molecule has 1 amide bonds. The topological polar surface area (TPSA) is 55.1 Å². The minimum absolute atomic E-state index is 0.0303. The van der Waals surface area contributed by atoms with Gasteiger partial charge in [0.25, 0.3) is 0 Å². The molecule has 21 heavy (non-hydrogen) atoms. The molecular formula is C17H25ClN2O. The van der Waals surface area contributed by atoms with E-state index in [9.17, 15) is 4.79 Å². The molecule has 0 radical (unpaired) electrons. The van der Waals surface area contributed by atoms with E-state index in [1.807, 2.05) is 12.1 Å². The van der Waals surface area contributed by atoms with Gasteiger partial charge in [-0.1, -0.05) is 63.1 Å². The van der Waals surface area contributed by atoms with E-state index in [-0.39, 0.29) is 11.9 Å². The first-order chi connectivity index (χ1) is 10.1. The van der Waals surface area contributed by atoms with E-state index < -0.39 is 0 Å². The fraction of sp³-hybridized carbons (Fsp3) is 0.588. The molecule has 1 aliphatic rings. The van der Waals surface area contributed by atoms with E-state index in [1.165, 1.54) is 32.1 Å². The molecule has 0 bridgehead atoms. The third-order valence-electron chi connectivity index (χ3n) is 4.12. The van der Waals surface area contributed by atoms with Crippen LogP contribution in [-0.2, 0) is 11.2 Å². The average Bonchev–Trinajstić information content (AvgIpc) is 2.80. The van der Waals surface area contributed by atoms with Crippen LogP contribution in [0.5, 0.6) is 0 Å². The van der Waals surface area contributed by atoms with Crippen molar-refractivity contribution in [2.75, 3.05) is 5.32 Å². The lowest BCUT2D eigenvalue weighted by molar-refractivity contribution is -0.115. The monoisotopic (exact) mass is 308 g/mol. The molecule has 116 valence electrons. The summed E-state index contributed by atoms with van der Waals surface area (Å²) >= 11 is 6.30. The summed E-state index contributed by atoms with van der Waals surface area (Å²) in [6.45, 7) is 2.23. The summed E-state index contributed by atoms with van der Waals surface area (Å²) in [6, 6.07) is 3.79. The molecule has 3 nitrogen and oxygen atoms in total. The summed E-state index contributed by atoms with van der Waals surface area (Å²) < 4.78 is 0. The Morgan fingerprint density at radius 2 is 1.95 bits per heavy atom. The Hall–Kier alpha value is -1.06. The highest BCUT2D eigenvalue weighted by atomic mass is 35.5. The summed E-state index contributed by atoms with van der Waals surface area (Å²) in [5, 5.41) is 3.47. The van der Waals surface area contributed by atoms with Gasteiger partial charge in [0.1, 0.15) is 0 Å². The highest BCUT2D eigenvalue weighted by Crippen LogP contribution is 2.33. The summed E-state index contributed by atoms with van der Waals surface area (Å²) in [6.07, 6.45) is 8.96. The van der Waals surface area contributed by atoms with Crippen LogP contribution in [0.3, 0.4) is 0 Å². The Bertz CT molecular complexity index is 502. The maximum Gasteiger partial charge on any atom is 0.228 e. The fourth-order valence-corrected chi connectivity index (χ4v) is 3.16. The zero-order chi connectivity index (χ0) is 15.2. The van der Waals surface area contributed by atoms with Gasteiger partial charge in [-0.3, -0.25) is 4.79 Å². The Kier molecular flexibility index (Phi) is 6.07. The van der Waals surface area contributed by atoms with Gasteiger partial charge in [0.2, 0.25) is 5.91 Å². The van der Waals surface area contributed by atoms with Crippen LogP contribution in [0.2, 0.25) is 5.02 Å². The number of nitrogens with one attached hydrogen (secondary N) is 1. The Balaban J connectivity index is 1.87. The van der Waals surface area contributed by atoms with Gasteiger partial charge < -0.3 is 11.1 Å². The molecule has 1 aromatic rings. The molecule has 0 aromatic heterocycles. The maximum absolute atomic E-state index is 11.4. The van der Waals surface area contributed by atoms with E-state index in [0.717, 1.165) is 29.7 Å². The van der Waals surface area contributed by atoms with E-state index in [2.05, 4.69) is 12.2 Å². The molecule has 1 heterocycles. The predicted octanol–water partition coefficient (Wildman–Crippen LogP) is 4.59. The third-order valence-corrected chi connectivity index (χ3v) is 4.44. The summed E-state index contributed by atoms with van der Waals surface area (Å²) in [4.78, 5) is 11.4. The number of benzene rings is 1. The second kappa shape index (κ2) is 7.81. The molecule has 2 rings (SSSR count). The van der Waals surface area contributed by atoms with Gasteiger partial charge in [0.15, 0.2) is 0 Å². The van der Waals surface area contributed by atoms with Gasteiger partial charge in [-0.25, -0.2) is 0 Å². The van der Waals surface area contributed by atoms with Crippen LogP contribution in [-0.4, -0.2) is 5.91 Å². The number of unbranched alkanes of at least 4 members (excludes halogenated alkanes) is 5. The van der Waals surface area contributed by atoms with Crippen molar-refractivity contribution in [3.05, 3.63) is 28.3 Å². The van der Waals surface area contributed by atoms with Gasteiger partial charge in [-0.2, -0.15) is 0 Å². The van der Waals surface area contributed by atoms with Crippen molar-refractivity contribution in [3.63, 3.8) is 0 Å². The minimum Gasteiger partial charge on any atom is -0.325 e. The lowest BCUT2D eigenvalue weighted by Crippen LogP contribution is -2.11. The highest BCUT2D eigenvalue weighted by molar-refractivity contribution is 6.32. The number of hydrogen-bond donors (Lipinski definition) is 2. The third kappa shape index (κ3) is 4.45. The molecule has 0 spiro atoms. The second-order valence-electron chi connectivity index (χ2n) is 5.92. The summed E-state index contributed by atoms with van der Waals surface area (Å²) in [5.74, 6) is 0.0303. The standard InChI is InChI=1S/C17H25ClN2O/c1-2-3-4-5-6-7-8-15(19)13-9-12-10-17(21)20-16(12)11-14(13)18/h9,11,15H,2-8,10,19H2,1H3,(H,20,21). The van der Waals surface area contributed by atoms with Gasteiger partial charge in [-0.15, -0.1) is 0 Å². The number of nitrogens with two attached hydrogens (primary N) is 1. The number of anilines is 1. The van der Waals surface area contributed by atoms with Gasteiger partial charge >= 0.3 is 0 Å². The van der Waals surface area contributed by atoms with Crippen molar-refractivity contribution in [2.24, 2.45) is 5.73 Å². The molecular weight excluding hydrogens is 284 g/mol. The van der Waals surface area contributed by atoms with Gasteiger partial charge in [-0.05, 0) is 23.6 Å². The van der Waals surface area contributed by atoms with E-state index in [4.69, 9.17) is 17.3 Å². The van der Waals surface area contributed by atoms with Crippen LogP contribution < -0.4 is 11.1 Å². The highest BCUT2D eigenvalue weighted by Gasteiger charge is 2.21. The number of carbonyl (C=O) groups excluding carboxylic acids is 1. The smallest absolute Gasteiger partial charge is 0.228 e. The molecule has 4 heteroatoms. The number of fused-ring (bicyclic) bond motifs is 1. The minimum atomic E-state index is -0.0373. The zero-order valence-electron chi connectivity index (χ0n) is 12.8. The van der Waals surface area contributed by atoms with Crippen LogP contribution in [0.25, 0.3) is 0 Å². The zero-order valence-corrected chi connectivity index (χ0v) is 13.5. The largest absolute Gasteiger partial charge is 0.325 e. The number of halogens is 1. The quantitative estimate of drug-likeness (QED) is 0.690. The van der Waals surface area contributed by atoms with Crippen molar-refractivity contribution >= 4 is 23.2 Å². The molecule has 3 N–H and O–H groups in total. The predicted molar refractivity (Wildman–Crippen MR) is 88.7 cm³/mol. The number of amides is 1. The first-order valence-electron chi connectivity index (χ1n) is 7.99. The number of carbonyl (C=O) groups is 1. The molecule has 1 aromatic carbocycles. The SMILES string of the molecule is CCCCCCCCC(N)c1cc2c(cc1Cl)NC(=O)C2. The molecule has 1 aliphatic heterocycles. The van der Waals surface area contributed by atoms with Gasteiger partial charge in [0.05, 0.1) is 6.42 Å². The molecule has 1 unspecified atom stereocenters. The van der Waals surface area contributed by atoms with Crippen molar-refractivity contribution in [3.8, 4) is 0 Å². The molecule has 0 saturated heterocycles. The van der Waals surface area contributed by atoms with Crippen molar-refractivity contribution < 1.29 is 4.79 Å². The van der Waals surface area contributed by atoms with Crippen LogP contribution >= 0.6 is 11.6 Å². The van der Waals surface area contributed by atoms with Crippen LogP contribution in [0.4, 0.5) is 5.69 Å². The first kappa shape index (κ1) is 16.3. The lowest BCUT2D eigenvalue weighted by atomic mass is 9.98. The summed E-state index contributed by atoms with van der Waals surface area (Å²) in [5.41, 5.74) is 9.09. The number of hydrogen-bond acceptors (Lipinski definition) is 2. The Morgan fingerprint density at radius 3 is 2.71 bits per heavy atom. The average molecular weight is 309 g/mol.